The van der Waals surface area contributed by atoms with Gasteiger partial charge in [0.1, 0.15) is 4.83 Å². The van der Waals surface area contributed by atoms with Crippen LogP contribution < -0.4 is 4.72 Å². The van der Waals surface area contributed by atoms with E-state index in [-0.39, 0.29) is 18.5 Å². The van der Waals surface area contributed by atoms with E-state index in [4.69, 9.17) is 11.6 Å². The highest BCUT2D eigenvalue weighted by Gasteiger charge is 2.29. The Bertz CT molecular complexity index is 1220. The summed E-state index contributed by atoms with van der Waals surface area (Å²) >= 11 is 7.74. The number of likely N-dealkylation sites (tertiary alicyclic amines) is 1. The predicted octanol–water partition coefficient (Wildman–Crippen LogP) is 3.65. The van der Waals surface area contributed by atoms with Crippen molar-refractivity contribution in [2.45, 2.75) is 38.8 Å². The Kier molecular flexibility index (Phi) is 6.39. The lowest BCUT2D eigenvalue weighted by atomic mass is 10.0. The van der Waals surface area contributed by atoms with Gasteiger partial charge in [0.15, 0.2) is 0 Å². The van der Waals surface area contributed by atoms with Crippen LogP contribution in [0.15, 0.2) is 30.3 Å². The summed E-state index contributed by atoms with van der Waals surface area (Å²) in [4.78, 5) is 16.7. The number of thiophene rings is 1. The van der Waals surface area contributed by atoms with Gasteiger partial charge >= 0.3 is 0 Å². The van der Waals surface area contributed by atoms with Gasteiger partial charge in [0.05, 0.1) is 23.4 Å². The molecule has 1 aliphatic heterocycles. The maximum Gasteiger partial charge on any atom is 0.264 e. The van der Waals surface area contributed by atoms with E-state index in [1.807, 2.05) is 46.8 Å². The van der Waals surface area contributed by atoms with Crippen molar-refractivity contribution >= 4 is 49.1 Å². The van der Waals surface area contributed by atoms with Crippen LogP contribution in [0.2, 0.25) is 5.02 Å². The molecule has 1 aliphatic rings. The summed E-state index contributed by atoms with van der Waals surface area (Å²) < 4.78 is 27.5. The fourth-order valence-electron chi connectivity index (χ4n) is 3.98. The number of nitrogens with zero attached hydrogens (tertiary/aromatic N) is 3. The van der Waals surface area contributed by atoms with E-state index < -0.39 is 10.0 Å². The number of carbonyl (C=O) groups is 1. The number of rotatable bonds is 6. The molecule has 0 aliphatic carbocycles. The fraction of sp³-hybridized carbons (Fsp3) is 0.429. The van der Waals surface area contributed by atoms with Gasteiger partial charge in [0.2, 0.25) is 10.0 Å². The number of halogens is 1. The number of hydrogen-bond acceptors (Lipinski definition) is 5. The molecule has 2 aromatic heterocycles. The van der Waals surface area contributed by atoms with Crippen molar-refractivity contribution in [3.05, 3.63) is 51.5 Å². The molecule has 0 saturated carbocycles. The van der Waals surface area contributed by atoms with E-state index in [1.54, 1.807) is 0 Å². The molecule has 1 saturated heterocycles. The first kappa shape index (κ1) is 22.3. The number of benzene rings is 1. The highest BCUT2D eigenvalue weighted by molar-refractivity contribution is 7.88. The second-order valence-electron chi connectivity index (χ2n) is 7.93. The van der Waals surface area contributed by atoms with Crippen molar-refractivity contribution in [2.75, 3.05) is 19.3 Å². The van der Waals surface area contributed by atoms with Crippen LogP contribution in [0, 0.1) is 6.92 Å². The minimum absolute atomic E-state index is 0.0510. The van der Waals surface area contributed by atoms with E-state index >= 15 is 0 Å². The molecule has 0 bridgehead atoms. The van der Waals surface area contributed by atoms with Gasteiger partial charge < -0.3 is 4.90 Å². The van der Waals surface area contributed by atoms with Crippen molar-refractivity contribution in [3.63, 3.8) is 0 Å². The number of fused-ring (bicyclic) bond motifs is 1. The van der Waals surface area contributed by atoms with Gasteiger partial charge in [-0.05, 0) is 43.9 Å². The molecule has 0 spiro atoms. The van der Waals surface area contributed by atoms with Gasteiger partial charge in [-0.15, -0.1) is 11.3 Å². The van der Waals surface area contributed by atoms with Gasteiger partial charge in [-0.3, -0.25) is 9.48 Å². The van der Waals surface area contributed by atoms with Crippen LogP contribution in [-0.2, 0) is 16.6 Å². The SMILES string of the molecule is Cc1nn(Cc2ccccc2Cl)c2sc(C(=O)N3CCCCC3CNS(C)(=O)=O)cc12. The van der Waals surface area contributed by atoms with Gasteiger partial charge in [-0.2, -0.15) is 5.10 Å². The Hall–Kier alpha value is -1.94. The third kappa shape index (κ3) is 4.95. The number of aryl methyl sites for hydroxylation is 1. The van der Waals surface area contributed by atoms with Crippen LogP contribution in [-0.4, -0.2) is 54.4 Å². The molecular weight excluding hydrogens is 456 g/mol. The highest BCUT2D eigenvalue weighted by atomic mass is 35.5. The number of hydrogen-bond donors (Lipinski definition) is 1. The summed E-state index contributed by atoms with van der Waals surface area (Å²) in [6.07, 6.45) is 3.84. The zero-order chi connectivity index (χ0) is 22.2. The van der Waals surface area contributed by atoms with Gasteiger partial charge in [0.25, 0.3) is 5.91 Å². The Balaban J connectivity index is 1.60. The summed E-state index contributed by atoms with van der Waals surface area (Å²) in [5, 5.41) is 6.28. The first-order valence-corrected chi connectivity index (χ1v) is 13.3. The summed E-state index contributed by atoms with van der Waals surface area (Å²) in [5.74, 6) is -0.0510. The van der Waals surface area contributed by atoms with E-state index in [0.717, 1.165) is 47.0 Å². The number of carbonyl (C=O) groups excluding carboxylic acids is 1. The molecule has 1 fully saturated rings. The molecule has 1 aromatic carbocycles. The number of piperidine rings is 1. The zero-order valence-corrected chi connectivity index (χ0v) is 19.9. The average Bonchev–Trinajstić information content (AvgIpc) is 3.29. The van der Waals surface area contributed by atoms with Gasteiger partial charge in [0, 0.05) is 29.5 Å². The van der Waals surface area contributed by atoms with Crippen LogP contribution in [0.4, 0.5) is 0 Å². The second kappa shape index (κ2) is 8.90. The van der Waals surface area contributed by atoms with Crippen LogP contribution >= 0.6 is 22.9 Å². The predicted molar refractivity (Wildman–Crippen MR) is 124 cm³/mol. The molecule has 3 aromatic rings. The molecule has 0 radical (unpaired) electrons. The van der Waals surface area contributed by atoms with E-state index in [2.05, 4.69) is 9.82 Å². The van der Waals surface area contributed by atoms with Crippen molar-refractivity contribution in [3.8, 4) is 0 Å². The van der Waals surface area contributed by atoms with Gasteiger partial charge in [-0.1, -0.05) is 29.8 Å². The summed E-state index contributed by atoms with van der Waals surface area (Å²) in [6, 6.07) is 9.43. The Morgan fingerprint density at radius 1 is 1.32 bits per heavy atom. The lowest BCUT2D eigenvalue weighted by Gasteiger charge is -2.35. The Morgan fingerprint density at radius 2 is 2.10 bits per heavy atom. The normalized spacial score (nSPS) is 17.4. The first-order chi connectivity index (χ1) is 14.7. The third-order valence-electron chi connectivity index (χ3n) is 5.57. The fourth-order valence-corrected chi connectivity index (χ4v) is 5.79. The van der Waals surface area contributed by atoms with E-state index in [0.29, 0.717) is 23.0 Å². The Morgan fingerprint density at radius 3 is 2.84 bits per heavy atom. The quantitative estimate of drug-likeness (QED) is 0.583. The molecular formula is C21H25ClN4O3S2. The number of sulfonamides is 1. The van der Waals surface area contributed by atoms with Crippen LogP contribution in [0.1, 0.15) is 40.2 Å². The third-order valence-corrected chi connectivity index (χ3v) is 7.76. The molecule has 10 heteroatoms. The highest BCUT2D eigenvalue weighted by Crippen LogP contribution is 2.31. The second-order valence-corrected chi connectivity index (χ2v) is 11.2. The smallest absolute Gasteiger partial charge is 0.264 e. The number of aromatic nitrogens is 2. The molecule has 1 atom stereocenters. The number of nitrogens with one attached hydrogen (secondary N) is 1. The standard InChI is InChI=1S/C21H25ClN4O3S2/c1-14-17-11-19(20(27)25-10-6-5-8-16(25)12-23-31(2,28)29)30-21(17)26(24-14)13-15-7-3-4-9-18(15)22/h3-4,7,9,11,16,23H,5-6,8,10,12-13H2,1-2H3. The monoisotopic (exact) mass is 480 g/mol. The van der Waals surface area contributed by atoms with Crippen LogP contribution in [0.3, 0.4) is 0 Å². The molecule has 3 heterocycles. The zero-order valence-electron chi connectivity index (χ0n) is 17.5. The van der Waals surface area contributed by atoms with Crippen molar-refractivity contribution in [1.29, 1.82) is 0 Å². The van der Waals surface area contributed by atoms with Crippen molar-refractivity contribution in [1.82, 2.24) is 19.4 Å². The Labute approximate surface area is 191 Å². The van der Waals surface area contributed by atoms with E-state index in [9.17, 15) is 13.2 Å². The topological polar surface area (TPSA) is 84.3 Å². The molecule has 1 unspecified atom stereocenters. The molecule has 4 rings (SSSR count). The summed E-state index contributed by atoms with van der Waals surface area (Å²) in [6.45, 7) is 3.34. The largest absolute Gasteiger partial charge is 0.334 e. The van der Waals surface area contributed by atoms with Gasteiger partial charge in [-0.25, -0.2) is 13.1 Å². The molecule has 1 N–H and O–H groups in total. The summed E-state index contributed by atoms with van der Waals surface area (Å²) in [7, 11) is -3.30. The van der Waals surface area contributed by atoms with Crippen molar-refractivity contribution in [2.24, 2.45) is 0 Å². The summed E-state index contributed by atoms with van der Waals surface area (Å²) in [5.41, 5.74) is 1.84. The van der Waals surface area contributed by atoms with E-state index in [1.165, 1.54) is 11.3 Å². The van der Waals surface area contributed by atoms with Crippen molar-refractivity contribution < 1.29 is 13.2 Å². The minimum atomic E-state index is -3.30. The average molecular weight is 481 g/mol. The lowest BCUT2D eigenvalue weighted by Crippen LogP contribution is -2.49. The van der Waals surface area contributed by atoms with Crippen LogP contribution in [0.25, 0.3) is 10.2 Å². The first-order valence-electron chi connectivity index (χ1n) is 10.2. The molecule has 1 amide bonds. The molecule has 31 heavy (non-hydrogen) atoms. The molecule has 7 nitrogen and oxygen atoms in total. The maximum absolute atomic E-state index is 13.3. The maximum atomic E-state index is 13.3. The lowest BCUT2D eigenvalue weighted by molar-refractivity contribution is 0.0624. The number of amides is 1. The minimum Gasteiger partial charge on any atom is -0.334 e. The molecule has 166 valence electrons. The van der Waals surface area contributed by atoms with Crippen LogP contribution in [0.5, 0.6) is 0 Å².